The van der Waals surface area contributed by atoms with E-state index in [9.17, 15) is 9.59 Å². The Morgan fingerprint density at radius 2 is 1.68 bits per heavy atom. The summed E-state index contributed by atoms with van der Waals surface area (Å²) in [5.74, 6) is 1.25. The third kappa shape index (κ3) is 7.79. The normalized spacial score (nSPS) is 11.5. The van der Waals surface area contributed by atoms with Crippen LogP contribution in [0.5, 0.6) is 11.5 Å². The molecule has 31 heavy (non-hydrogen) atoms. The van der Waals surface area contributed by atoms with Crippen LogP contribution in [0.3, 0.4) is 0 Å². The summed E-state index contributed by atoms with van der Waals surface area (Å²) in [6.45, 7) is 5.07. The maximum Gasteiger partial charge on any atom is 0.242 e. The molecule has 2 aromatic rings. The Kier molecular flexibility index (Phi) is 10.2. The maximum absolute atomic E-state index is 13.1. The number of rotatable bonds is 12. The second-order valence-electron chi connectivity index (χ2n) is 7.09. The smallest absolute Gasteiger partial charge is 0.242 e. The van der Waals surface area contributed by atoms with Gasteiger partial charge in [-0.05, 0) is 61.7 Å². The van der Waals surface area contributed by atoms with Crippen LogP contribution in [0.15, 0.2) is 48.5 Å². The van der Waals surface area contributed by atoms with Crippen molar-refractivity contribution in [3.05, 3.63) is 59.1 Å². The molecule has 2 aromatic carbocycles. The highest BCUT2D eigenvalue weighted by atomic mass is 35.5. The van der Waals surface area contributed by atoms with E-state index in [1.807, 2.05) is 38.1 Å². The topological polar surface area (TPSA) is 67.9 Å². The summed E-state index contributed by atoms with van der Waals surface area (Å²) in [5.41, 5.74) is 0.939. The van der Waals surface area contributed by atoms with Crippen molar-refractivity contribution >= 4 is 23.4 Å². The van der Waals surface area contributed by atoms with E-state index in [1.165, 1.54) is 0 Å². The molecule has 0 saturated carbocycles. The van der Waals surface area contributed by atoms with Crippen LogP contribution in [0.4, 0.5) is 0 Å². The lowest BCUT2D eigenvalue weighted by atomic mass is 10.1. The fourth-order valence-corrected chi connectivity index (χ4v) is 3.35. The van der Waals surface area contributed by atoms with Crippen molar-refractivity contribution in [3.8, 4) is 11.5 Å². The van der Waals surface area contributed by atoms with E-state index in [0.717, 1.165) is 11.3 Å². The summed E-state index contributed by atoms with van der Waals surface area (Å²) in [7, 11) is 1.61. The summed E-state index contributed by atoms with van der Waals surface area (Å²) >= 11 is 5.88. The Morgan fingerprint density at radius 1 is 1.03 bits per heavy atom. The third-order valence-corrected chi connectivity index (χ3v) is 5.12. The van der Waals surface area contributed by atoms with Crippen LogP contribution in [0, 0.1) is 0 Å². The first-order chi connectivity index (χ1) is 15.0. The fraction of sp³-hybridized carbons (Fsp3) is 0.417. The van der Waals surface area contributed by atoms with Gasteiger partial charge in [-0.15, -0.1) is 0 Å². The molecule has 0 heterocycles. The van der Waals surface area contributed by atoms with Crippen molar-refractivity contribution in [2.75, 3.05) is 20.3 Å². The van der Waals surface area contributed by atoms with Gasteiger partial charge in [0.05, 0.1) is 13.7 Å². The quantitative estimate of drug-likeness (QED) is 0.489. The van der Waals surface area contributed by atoms with Gasteiger partial charge in [0.25, 0.3) is 0 Å². The number of hydrogen-bond acceptors (Lipinski definition) is 4. The number of carbonyl (C=O) groups excluding carboxylic acids is 2. The van der Waals surface area contributed by atoms with Gasteiger partial charge in [0, 0.05) is 24.5 Å². The van der Waals surface area contributed by atoms with E-state index in [1.54, 1.807) is 36.3 Å². The maximum atomic E-state index is 13.1. The average molecular weight is 447 g/mol. The lowest BCUT2D eigenvalue weighted by Crippen LogP contribution is -2.49. The Balaban J connectivity index is 2.03. The molecule has 6 nitrogen and oxygen atoms in total. The number of likely N-dealkylation sites (N-methyl/N-ethyl adjacent to an activating group) is 1. The summed E-state index contributed by atoms with van der Waals surface area (Å²) in [6.07, 6.45) is 1.38. The van der Waals surface area contributed by atoms with Crippen molar-refractivity contribution < 1.29 is 19.1 Å². The van der Waals surface area contributed by atoms with Crippen LogP contribution >= 0.6 is 11.6 Å². The van der Waals surface area contributed by atoms with Crippen molar-refractivity contribution in [3.63, 3.8) is 0 Å². The van der Waals surface area contributed by atoms with Crippen LogP contribution < -0.4 is 14.8 Å². The minimum absolute atomic E-state index is 0.0753. The van der Waals surface area contributed by atoms with Gasteiger partial charge in [-0.1, -0.05) is 30.7 Å². The summed E-state index contributed by atoms with van der Waals surface area (Å²) in [4.78, 5) is 27.3. The van der Waals surface area contributed by atoms with Gasteiger partial charge in [-0.25, -0.2) is 0 Å². The molecule has 0 bridgehead atoms. The number of nitrogens with zero attached hydrogens (tertiary/aromatic N) is 1. The second-order valence-corrected chi connectivity index (χ2v) is 7.53. The lowest BCUT2D eigenvalue weighted by Gasteiger charge is -2.30. The highest BCUT2D eigenvalue weighted by molar-refractivity contribution is 6.30. The molecule has 168 valence electrons. The SMILES string of the molecule is CCNC(=O)C(CC)N(Cc1ccc(OC)cc1)C(=O)CCCOc1ccc(Cl)cc1. The highest BCUT2D eigenvalue weighted by Gasteiger charge is 2.28. The molecule has 0 aliphatic heterocycles. The van der Waals surface area contributed by atoms with Crippen LogP contribution in [0.1, 0.15) is 38.7 Å². The highest BCUT2D eigenvalue weighted by Crippen LogP contribution is 2.18. The van der Waals surface area contributed by atoms with Gasteiger partial charge in [-0.2, -0.15) is 0 Å². The summed E-state index contributed by atoms with van der Waals surface area (Å²) < 4.78 is 10.9. The van der Waals surface area contributed by atoms with Crippen LogP contribution in [0.2, 0.25) is 5.02 Å². The first-order valence-corrected chi connectivity index (χ1v) is 10.9. The third-order valence-electron chi connectivity index (χ3n) is 4.87. The molecule has 2 amide bonds. The molecule has 0 spiro atoms. The molecule has 1 N–H and O–H groups in total. The molecule has 0 aromatic heterocycles. The number of ether oxygens (including phenoxy) is 2. The number of benzene rings is 2. The first kappa shape index (κ1) is 24.5. The minimum Gasteiger partial charge on any atom is -0.497 e. The standard InChI is InChI=1S/C24H31ClN2O4/c1-4-22(24(29)26-5-2)27(17-18-8-12-20(30-3)13-9-18)23(28)7-6-16-31-21-14-10-19(25)11-15-21/h8-15,22H,4-7,16-17H2,1-3H3,(H,26,29). The van der Waals surface area contributed by atoms with Crippen LogP contribution in [-0.2, 0) is 16.1 Å². The molecule has 7 heteroatoms. The Bertz CT molecular complexity index is 824. The van der Waals surface area contributed by atoms with Gasteiger partial charge < -0.3 is 19.7 Å². The molecule has 0 saturated heterocycles. The van der Waals surface area contributed by atoms with E-state index in [2.05, 4.69) is 5.32 Å². The predicted molar refractivity (Wildman–Crippen MR) is 122 cm³/mol. The minimum atomic E-state index is -0.522. The zero-order valence-corrected chi connectivity index (χ0v) is 19.2. The first-order valence-electron chi connectivity index (χ1n) is 10.6. The molecule has 0 aliphatic rings. The van der Waals surface area contributed by atoms with Crippen molar-refractivity contribution in [1.82, 2.24) is 10.2 Å². The number of halogens is 1. The molecule has 1 atom stereocenters. The molecular formula is C24H31ClN2O4. The number of hydrogen-bond donors (Lipinski definition) is 1. The van der Waals surface area contributed by atoms with Gasteiger partial charge in [0.1, 0.15) is 17.5 Å². The van der Waals surface area contributed by atoms with Gasteiger partial charge in [0.2, 0.25) is 11.8 Å². The van der Waals surface area contributed by atoms with Crippen molar-refractivity contribution in [2.24, 2.45) is 0 Å². The zero-order valence-electron chi connectivity index (χ0n) is 18.4. The van der Waals surface area contributed by atoms with Crippen molar-refractivity contribution in [2.45, 2.75) is 45.7 Å². The number of nitrogens with one attached hydrogen (secondary N) is 1. The monoisotopic (exact) mass is 446 g/mol. The molecule has 0 radical (unpaired) electrons. The Labute approximate surface area is 189 Å². The fourth-order valence-electron chi connectivity index (χ4n) is 3.23. The second kappa shape index (κ2) is 12.8. The summed E-state index contributed by atoms with van der Waals surface area (Å²) in [6, 6.07) is 14.1. The number of carbonyl (C=O) groups is 2. The van der Waals surface area contributed by atoms with E-state index in [4.69, 9.17) is 21.1 Å². The van der Waals surface area contributed by atoms with Gasteiger partial charge >= 0.3 is 0 Å². The van der Waals surface area contributed by atoms with E-state index in [0.29, 0.717) is 49.7 Å². The van der Waals surface area contributed by atoms with Gasteiger partial charge in [0.15, 0.2) is 0 Å². The number of amides is 2. The van der Waals surface area contributed by atoms with E-state index in [-0.39, 0.29) is 11.8 Å². The van der Waals surface area contributed by atoms with Gasteiger partial charge in [-0.3, -0.25) is 9.59 Å². The van der Waals surface area contributed by atoms with Crippen molar-refractivity contribution in [1.29, 1.82) is 0 Å². The Hall–Kier alpha value is -2.73. The summed E-state index contributed by atoms with van der Waals surface area (Å²) in [5, 5.41) is 3.49. The molecule has 1 unspecified atom stereocenters. The lowest BCUT2D eigenvalue weighted by molar-refractivity contribution is -0.141. The molecule has 2 rings (SSSR count). The predicted octanol–water partition coefficient (Wildman–Crippen LogP) is 4.45. The average Bonchev–Trinajstić information content (AvgIpc) is 2.78. The zero-order chi connectivity index (χ0) is 22.6. The van der Waals surface area contributed by atoms with E-state index >= 15 is 0 Å². The van der Waals surface area contributed by atoms with E-state index < -0.39 is 6.04 Å². The molecule has 0 aliphatic carbocycles. The molecular weight excluding hydrogens is 416 g/mol. The van der Waals surface area contributed by atoms with Crippen LogP contribution in [-0.4, -0.2) is 43.0 Å². The Morgan fingerprint density at radius 3 is 2.26 bits per heavy atom. The largest absolute Gasteiger partial charge is 0.497 e. The molecule has 0 fully saturated rings. The van der Waals surface area contributed by atoms with Crippen LogP contribution in [0.25, 0.3) is 0 Å². The number of methoxy groups -OCH3 is 1.